The number of ether oxygens (including phenoxy) is 1. The fourth-order valence-corrected chi connectivity index (χ4v) is 1.39. The van der Waals surface area contributed by atoms with Crippen molar-refractivity contribution in [2.24, 2.45) is 0 Å². The predicted octanol–water partition coefficient (Wildman–Crippen LogP) is 1.47. The minimum Gasteiger partial charge on any atom is -0.465 e. The number of rotatable bonds is 2. The first-order chi connectivity index (χ1) is 8.93. The summed E-state index contributed by atoms with van der Waals surface area (Å²) in [5.74, 6) is -1.82. The Labute approximate surface area is 104 Å². The SMILES string of the molecule is COC(=O)c1ccc(-n2nnnc2C(F)(F)F)cc1. The molecule has 0 N–H and O–H groups in total. The molecule has 2 aromatic rings. The van der Waals surface area contributed by atoms with Crippen LogP contribution in [0.3, 0.4) is 0 Å². The number of nitrogens with zero attached hydrogens (tertiary/aromatic N) is 4. The first kappa shape index (κ1) is 13.0. The van der Waals surface area contributed by atoms with Crippen LogP contribution in [-0.4, -0.2) is 33.3 Å². The molecule has 100 valence electrons. The molecular weight excluding hydrogens is 265 g/mol. The molecule has 0 radical (unpaired) electrons. The van der Waals surface area contributed by atoms with Gasteiger partial charge in [0.1, 0.15) is 0 Å². The third-order valence-corrected chi connectivity index (χ3v) is 2.26. The molecular formula is C10H7F3N4O2. The highest BCUT2D eigenvalue weighted by Crippen LogP contribution is 2.28. The maximum atomic E-state index is 12.6. The number of halogens is 3. The van der Waals surface area contributed by atoms with E-state index >= 15 is 0 Å². The van der Waals surface area contributed by atoms with Crippen LogP contribution in [0, 0.1) is 0 Å². The second-order valence-electron chi connectivity index (χ2n) is 3.45. The maximum absolute atomic E-state index is 12.6. The van der Waals surface area contributed by atoms with Crippen LogP contribution in [0.25, 0.3) is 5.69 Å². The van der Waals surface area contributed by atoms with E-state index in [0.717, 1.165) is 0 Å². The van der Waals surface area contributed by atoms with E-state index in [2.05, 4.69) is 20.3 Å². The molecule has 0 amide bonds. The Hall–Kier alpha value is -2.45. The second-order valence-corrected chi connectivity index (χ2v) is 3.45. The summed E-state index contributed by atoms with van der Waals surface area (Å²) < 4.78 is 42.8. The van der Waals surface area contributed by atoms with Gasteiger partial charge in [-0.25, -0.2) is 4.79 Å². The number of esters is 1. The quantitative estimate of drug-likeness (QED) is 0.774. The van der Waals surface area contributed by atoms with Gasteiger partial charge in [0.15, 0.2) is 0 Å². The number of methoxy groups -OCH3 is 1. The summed E-state index contributed by atoms with van der Waals surface area (Å²) in [6, 6.07) is 5.22. The van der Waals surface area contributed by atoms with E-state index in [1.54, 1.807) is 0 Å². The first-order valence-electron chi connectivity index (χ1n) is 4.98. The van der Waals surface area contributed by atoms with E-state index in [-0.39, 0.29) is 11.3 Å². The minimum atomic E-state index is -4.66. The molecule has 0 saturated carbocycles. The van der Waals surface area contributed by atoms with Gasteiger partial charge in [-0.05, 0) is 34.7 Å². The zero-order valence-corrected chi connectivity index (χ0v) is 9.55. The van der Waals surface area contributed by atoms with Gasteiger partial charge in [0, 0.05) is 0 Å². The van der Waals surface area contributed by atoms with Gasteiger partial charge in [-0.2, -0.15) is 17.9 Å². The smallest absolute Gasteiger partial charge is 0.453 e. The molecule has 0 fully saturated rings. The maximum Gasteiger partial charge on any atom is 0.453 e. The van der Waals surface area contributed by atoms with Crippen molar-refractivity contribution in [3.63, 3.8) is 0 Å². The molecule has 0 spiro atoms. The van der Waals surface area contributed by atoms with E-state index in [1.165, 1.54) is 31.4 Å². The van der Waals surface area contributed by atoms with Gasteiger partial charge in [0.05, 0.1) is 18.4 Å². The number of hydrogen-bond donors (Lipinski definition) is 0. The summed E-state index contributed by atoms with van der Waals surface area (Å²) in [5, 5.41) is 9.18. The van der Waals surface area contributed by atoms with Crippen LogP contribution in [-0.2, 0) is 10.9 Å². The van der Waals surface area contributed by atoms with Crippen LogP contribution in [0.4, 0.5) is 13.2 Å². The van der Waals surface area contributed by atoms with Crippen LogP contribution in [0.2, 0.25) is 0 Å². The fourth-order valence-electron chi connectivity index (χ4n) is 1.39. The van der Waals surface area contributed by atoms with Crippen LogP contribution in [0.15, 0.2) is 24.3 Å². The van der Waals surface area contributed by atoms with Crippen molar-refractivity contribution >= 4 is 5.97 Å². The topological polar surface area (TPSA) is 69.9 Å². The van der Waals surface area contributed by atoms with Crippen molar-refractivity contribution in [2.45, 2.75) is 6.18 Å². The van der Waals surface area contributed by atoms with Gasteiger partial charge < -0.3 is 4.74 Å². The first-order valence-corrected chi connectivity index (χ1v) is 4.98. The van der Waals surface area contributed by atoms with Gasteiger partial charge >= 0.3 is 12.1 Å². The summed E-state index contributed by atoms with van der Waals surface area (Å²) in [6.45, 7) is 0. The van der Waals surface area contributed by atoms with E-state index in [9.17, 15) is 18.0 Å². The van der Waals surface area contributed by atoms with Crippen molar-refractivity contribution in [2.75, 3.05) is 7.11 Å². The molecule has 0 aliphatic rings. The van der Waals surface area contributed by atoms with Crippen molar-refractivity contribution < 1.29 is 22.7 Å². The average Bonchev–Trinajstić information content (AvgIpc) is 2.87. The number of aromatic nitrogens is 4. The number of alkyl halides is 3. The minimum absolute atomic E-state index is 0.0879. The lowest BCUT2D eigenvalue weighted by Gasteiger charge is -2.07. The molecule has 0 saturated heterocycles. The van der Waals surface area contributed by atoms with Gasteiger partial charge in [-0.15, -0.1) is 5.10 Å². The Kier molecular flexibility index (Phi) is 3.19. The third-order valence-electron chi connectivity index (χ3n) is 2.26. The predicted molar refractivity (Wildman–Crippen MR) is 55.5 cm³/mol. The molecule has 6 nitrogen and oxygen atoms in total. The molecule has 0 bridgehead atoms. The van der Waals surface area contributed by atoms with Gasteiger partial charge in [-0.3, -0.25) is 0 Å². The van der Waals surface area contributed by atoms with Crippen LogP contribution >= 0.6 is 0 Å². The standard InChI is InChI=1S/C10H7F3N4O2/c1-19-8(18)6-2-4-7(5-3-6)17-9(10(11,12)13)14-15-16-17/h2-5H,1H3. The number of hydrogen-bond acceptors (Lipinski definition) is 5. The Morgan fingerprint density at radius 2 is 1.89 bits per heavy atom. The lowest BCUT2D eigenvalue weighted by molar-refractivity contribution is -0.146. The highest BCUT2D eigenvalue weighted by atomic mass is 19.4. The van der Waals surface area contributed by atoms with E-state index in [1.807, 2.05) is 0 Å². The van der Waals surface area contributed by atoms with Gasteiger partial charge in [-0.1, -0.05) is 0 Å². The summed E-state index contributed by atoms with van der Waals surface area (Å²) in [6.07, 6.45) is -4.66. The Morgan fingerprint density at radius 1 is 1.26 bits per heavy atom. The molecule has 2 rings (SSSR count). The summed E-state index contributed by atoms with van der Waals surface area (Å²) >= 11 is 0. The van der Waals surface area contributed by atoms with Crippen LogP contribution < -0.4 is 0 Å². The van der Waals surface area contributed by atoms with Crippen molar-refractivity contribution in [3.8, 4) is 5.69 Å². The molecule has 1 aromatic carbocycles. The molecule has 0 aliphatic carbocycles. The Bertz CT molecular complexity index is 592. The third kappa shape index (κ3) is 2.54. The summed E-state index contributed by atoms with van der Waals surface area (Å²) in [4.78, 5) is 11.2. The molecule has 19 heavy (non-hydrogen) atoms. The van der Waals surface area contributed by atoms with Crippen molar-refractivity contribution in [3.05, 3.63) is 35.7 Å². The van der Waals surface area contributed by atoms with Crippen molar-refractivity contribution in [1.82, 2.24) is 20.2 Å². The average molecular weight is 272 g/mol. The molecule has 1 heterocycles. The molecule has 1 aromatic heterocycles. The monoisotopic (exact) mass is 272 g/mol. The van der Waals surface area contributed by atoms with E-state index < -0.39 is 18.0 Å². The zero-order chi connectivity index (χ0) is 14.0. The fraction of sp³-hybridized carbons (Fsp3) is 0.200. The molecule has 0 unspecified atom stereocenters. The Balaban J connectivity index is 2.39. The molecule has 9 heteroatoms. The summed E-state index contributed by atoms with van der Waals surface area (Å²) in [7, 11) is 1.21. The van der Waals surface area contributed by atoms with Gasteiger partial charge in [0.2, 0.25) is 0 Å². The number of carbonyl (C=O) groups is 1. The number of benzene rings is 1. The van der Waals surface area contributed by atoms with Crippen molar-refractivity contribution in [1.29, 1.82) is 0 Å². The highest BCUT2D eigenvalue weighted by Gasteiger charge is 2.38. The van der Waals surface area contributed by atoms with Crippen LogP contribution in [0.5, 0.6) is 0 Å². The van der Waals surface area contributed by atoms with Crippen LogP contribution in [0.1, 0.15) is 16.2 Å². The normalized spacial score (nSPS) is 11.4. The zero-order valence-electron chi connectivity index (χ0n) is 9.55. The van der Waals surface area contributed by atoms with E-state index in [0.29, 0.717) is 4.68 Å². The lowest BCUT2D eigenvalue weighted by atomic mass is 10.2. The summed E-state index contributed by atoms with van der Waals surface area (Å²) in [5.41, 5.74) is 0.304. The van der Waals surface area contributed by atoms with Gasteiger partial charge in [0.25, 0.3) is 5.82 Å². The Morgan fingerprint density at radius 3 is 2.42 bits per heavy atom. The largest absolute Gasteiger partial charge is 0.465 e. The number of tetrazole rings is 1. The van der Waals surface area contributed by atoms with E-state index in [4.69, 9.17) is 0 Å². The molecule has 0 atom stereocenters. The second kappa shape index (κ2) is 4.67. The molecule has 0 aliphatic heterocycles. The lowest BCUT2D eigenvalue weighted by Crippen LogP contribution is -2.14. The number of carbonyl (C=O) groups excluding carboxylic acids is 1. The highest BCUT2D eigenvalue weighted by molar-refractivity contribution is 5.89.